The maximum Gasteiger partial charge on any atom is 0.164 e. The van der Waals surface area contributed by atoms with Crippen molar-refractivity contribution in [2.45, 2.75) is 6.92 Å². The number of nitrogens with zero attached hydrogens (tertiary/aromatic N) is 1. The van der Waals surface area contributed by atoms with E-state index in [1.54, 1.807) is 41.6 Å². The Hall–Kier alpha value is -2.93. The summed E-state index contributed by atoms with van der Waals surface area (Å²) in [6, 6.07) is 3.63. The highest BCUT2D eigenvalue weighted by atomic mass is 32.1. The van der Waals surface area contributed by atoms with Gasteiger partial charge in [-0.15, -0.1) is 0 Å². The van der Waals surface area contributed by atoms with Gasteiger partial charge in [0.15, 0.2) is 17.3 Å². The minimum Gasteiger partial charge on any atom is -0.498 e. The molecule has 0 fully saturated rings. The predicted molar refractivity (Wildman–Crippen MR) is 112 cm³/mol. The van der Waals surface area contributed by atoms with Crippen molar-refractivity contribution in [2.24, 2.45) is 0 Å². The van der Waals surface area contributed by atoms with Crippen LogP contribution in [0.3, 0.4) is 0 Å². The van der Waals surface area contributed by atoms with E-state index in [1.807, 2.05) is 30.5 Å². The van der Waals surface area contributed by atoms with Crippen molar-refractivity contribution >= 4 is 17.1 Å². The summed E-state index contributed by atoms with van der Waals surface area (Å²) in [6.45, 7) is 6.00. The summed E-state index contributed by atoms with van der Waals surface area (Å²) in [4.78, 5) is 0. The minimum absolute atomic E-state index is 0.587. The molecule has 7 heteroatoms. The van der Waals surface area contributed by atoms with Gasteiger partial charge in [-0.3, -0.25) is 0 Å². The Labute approximate surface area is 169 Å². The number of benzene rings is 1. The molecule has 0 saturated heterocycles. The van der Waals surface area contributed by atoms with E-state index in [0.29, 0.717) is 28.8 Å². The normalized spacial score (nSPS) is 11.8. The lowest BCUT2D eigenvalue weighted by Crippen LogP contribution is -1.96. The van der Waals surface area contributed by atoms with Gasteiger partial charge < -0.3 is 23.7 Å². The lowest BCUT2D eigenvalue weighted by Gasteiger charge is -2.14. The fraction of sp³-hybridized carbons (Fsp3) is 0.286. The maximum atomic E-state index is 5.54. The zero-order valence-electron chi connectivity index (χ0n) is 17.0. The zero-order valence-corrected chi connectivity index (χ0v) is 17.8. The van der Waals surface area contributed by atoms with Crippen LogP contribution in [0.4, 0.5) is 0 Å². The molecule has 0 aliphatic heterocycles. The molecule has 1 aromatic heterocycles. The zero-order chi connectivity index (χ0) is 20.7. The van der Waals surface area contributed by atoms with Crippen molar-refractivity contribution < 1.29 is 23.7 Å². The Morgan fingerprint density at radius 1 is 0.929 bits per heavy atom. The number of ether oxygens (including phenoxy) is 5. The molecule has 6 nitrogen and oxygen atoms in total. The smallest absolute Gasteiger partial charge is 0.164 e. The Morgan fingerprint density at radius 3 is 2.14 bits per heavy atom. The van der Waals surface area contributed by atoms with Crippen LogP contribution in [0.25, 0.3) is 16.8 Å². The van der Waals surface area contributed by atoms with E-state index < -0.39 is 0 Å². The first-order valence-corrected chi connectivity index (χ1v) is 9.25. The first-order chi connectivity index (χ1) is 13.5. The molecule has 28 heavy (non-hydrogen) atoms. The second-order valence-electron chi connectivity index (χ2n) is 5.67. The van der Waals surface area contributed by atoms with Crippen molar-refractivity contribution in [1.29, 1.82) is 0 Å². The van der Waals surface area contributed by atoms with Crippen LogP contribution in [-0.2, 0) is 9.47 Å². The molecule has 1 aromatic carbocycles. The summed E-state index contributed by atoms with van der Waals surface area (Å²) >= 11 is 1.34. The predicted octanol–water partition coefficient (Wildman–Crippen LogP) is 4.93. The molecule has 0 aliphatic rings. The van der Waals surface area contributed by atoms with Gasteiger partial charge in [0.05, 0.1) is 41.2 Å². The van der Waals surface area contributed by atoms with Gasteiger partial charge in [-0.2, -0.15) is 4.37 Å². The van der Waals surface area contributed by atoms with Crippen LogP contribution in [-0.4, -0.2) is 39.9 Å². The van der Waals surface area contributed by atoms with Gasteiger partial charge in [-0.05, 0) is 36.2 Å². The van der Waals surface area contributed by atoms with Crippen LogP contribution in [0.15, 0.2) is 47.8 Å². The highest BCUT2D eigenvalue weighted by Gasteiger charge is 2.18. The third-order valence-corrected chi connectivity index (χ3v) is 4.81. The van der Waals surface area contributed by atoms with E-state index in [2.05, 4.69) is 11.0 Å². The van der Waals surface area contributed by atoms with Crippen LogP contribution in [0, 0.1) is 0 Å². The lowest BCUT2D eigenvalue weighted by atomic mass is 10.0. The molecule has 0 bridgehead atoms. The van der Waals surface area contributed by atoms with E-state index in [0.717, 1.165) is 22.4 Å². The second-order valence-corrected chi connectivity index (χ2v) is 6.30. The summed E-state index contributed by atoms with van der Waals surface area (Å²) in [5, 5.41) is 1.94. The molecule has 0 aliphatic carbocycles. The highest BCUT2D eigenvalue weighted by molar-refractivity contribution is 7.04. The molecule has 0 spiro atoms. The van der Waals surface area contributed by atoms with Gasteiger partial charge in [0, 0.05) is 22.6 Å². The average Bonchev–Trinajstić information content (AvgIpc) is 3.22. The third-order valence-electron chi connectivity index (χ3n) is 4.19. The lowest BCUT2D eigenvalue weighted by molar-refractivity contribution is 0.232. The van der Waals surface area contributed by atoms with E-state index in [9.17, 15) is 0 Å². The summed E-state index contributed by atoms with van der Waals surface area (Å²) in [6.07, 6.45) is 3.68. The van der Waals surface area contributed by atoms with Crippen LogP contribution in [0.2, 0.25) is 0 Å². The van der Waals surface area contributed by atoms with Crippen LogP contribution < -0.4 is 14.2 Å². The third kappa shape index (κ3) is 4.48. The molecular formula is C21H25NO5S. The number of aromatic nitrogens is 1. The van der Waals surface area contributed by atoms with E-state index in [1.165, 1.54) is 11.5 Å². The monoisotopic (exact) mass is 403 g/mol. The molecule has 0 radical (unpaired) electrons. The molecule has 0 N–H and O–H groups in total. The first kappa shape index (κ1) is 21.4. The number of hydrogen-bond donors (Lipinski definition) is 0. The largest absolute Gasteiger partial charge is 0.498 e. The summed E-state index contributed by atoms with van der Waals surface area (Å²) in [5.74, 6) is 3.12. The highest BCUT2D eigenvalue weighted by Crippen LogP contribution is 2.42. The molecule has 150 valence electrons. The van der Waals surface area contributed by atoms with E-state index >= 15 is 0 Å². The van der Waals surface area contributed by atoms with Gasteiger partial charge >= 0.3 is 0 Å². The summed E-state index contributed by atoms with van der Waals surface area (Å²) in [5.41, 5.74) is 3.21. The minimum atomic E-state index is 0.587. The quantitative estimate of drug-likeness (QED) is 0.437. The van der Waals surface area contributed by atoms with Crippen molar-refractivity contribution in [3.8, 4) is 28.5 Å². The molecule has 2 rings (SSSR count). The fourth-order valence-corrected chi connectivity index (χ4v) is 3.29. The van der Waals surface area contributed by atoms with Gasteiger partial charge in [0.1, 0.15) is 11.5 Å². The summed E-state index contributed by atoms with van der Waals surface area (Å²) < 4.78 is 31.4. The fourth-order valence-electron chi connectivity index (χ4n) is 2.57. The molecule has 1 heterocycles. The number of allylic oxidation sites excluding steroid dienone is 4. The first-order valence-electron chi connectivity index (χ1n) is 8.41. The molecule has 0 saturated carbocycles. The van der Waals surface area contributed by atoms with Crippen molar-refractivity contribution in [2.75, 3.05) is 35.5 Å². The Balaban J connectivity index is 2.48. The number of rotatable bonds is 9. The van der Waals surface area contributed by atoms with Crippen LogP contribution in [0.5, 0.6) is 17.2 Å². The van der Waals surface area contributed by atoms with E-state index in [-0.39, 0.29) is 0 Å². The second kappa shape index (κ2) is 9.85. The van der Waals surface area contributed by atoms with Crippen LogP contribution >= 0.6 is 11.5 Å². The Morgan fingerprint density at radius 2 is 1.57 bits per heavy atom. The number of hydrogen-bond acceptors (Lipinski definition) is 7. The molecular weight excluding hydrogens is 378 g/mol. The molecule has 2 aromatic rings. The SMILES string of the molecule is C=C(/C=C\C(OC)=C(/C)OC)c1csnc1-c1cc(OC)c(OC)cc1OC. The van der Waals surface area contributed by atoms with E-state index in [4.69, 9.17) is 23.7 Å². The van der Waals surface area contributed by atoms with Gasteiger partial charge in [-0.1, -0.05) is 12.7 Å². The van der Waals surface area contributed by atoms with Gasteiger partial charge in [-0.25, -0.2) is 0 Å². The number of methoxy groups -OCH3 is 5. The topological polar surface area (TPSA) is 59.0 Å². The van der Waals surface area contributed by atoms with Gasteiger partial charge in [0.2, 0.25) is 0 Å². The van der Waals surface area contributed by atoms with Crippen molar-refractivity contribution in [3.05, 3.63) is 53.3 Å². The standard InChI is InChI=1S/C21H25NO5S/c1-13(8-9-17(24-4)14(2)23-3)16-12-28-22-21(16)15-10-19(26-6)20(27-7)11-18(15)25-5/h8-12H,1H2,2-7H3/b9-8-,17-14-. The Kier molecular flexibility index (Phi) is 7.52. The summed E-state index contributed by atoms with van der Waals surface area (Å²) in [7, 11) is 7.97. The van der Waals surface area contributed by atoms with Gasteiger partial charge in [0.25, 0.3) is 0 Å². The molecule has 0 unspecified atom stereocenters. The average molecular weight is 404 g/mol. The Bertz CT molecular complexity index is 898. The molecule has 0 amide bonds. The molecule has 0 atom stereocenters. The van der Waals surface area contributed by atoms with Crippen LogP contribution in [0.1, 0.15) is 12.5 Å². The van der Waals surface area contributed by atoms with Crippen molar-refractivity contribution in [3.63, 3.8) is 0 Å². The maximum absolute atomic E-state index is 5.54. The van der Waals surface area contributed by atoms with Crippen molar-refractivity contribution in [1.82, 2.24) is 4.37 Å².